The van der Waals surface area contributed by atoms with Gasteiger partial charge in [-0.25, -0.2) is 0 Å². The van der Waals surface area contributed by atoms with Crippen molar-refractivity contribution >= 4 is 11.9 Å². The van der Waals surface area contributed by atoms with E-state index in [4.69, 9.17) is 9.15 Å². The summed E-state index contributed by atoms with van der Waals surface area (Å²) in [6.07, 6.45) is 7.22. The van der Waals surface area contributed by atoms with Gasteiger partial charge in [-0.2, -0.15) is 0 Å². The zero-order chi connectivity index (χ0) is 13.1. The molecule has 6 heteroatoms. The van der Waals surface area contributed by atoms with Crippen molar-refractivity contribution in [3.63, 3.8) is 0 Å². The summed E-state index contributed by atoms with van der Waals surface area (Å²) in [6.45, 7) is 0.648. The first kappa shape index (κ1) is 12.6. The van der Waals surface area contributed by atoms with Gasteiger partial charge in [0.25, 0.3) is 5.91 Å². The van der Waals surface area contributed by atoms with E-state index < -0.39 is 0 Å². The summed E-state index contributed by atoms with van der Waals surface area (Å²) in [5.74, 6) is 0.827. The molecule has 1 atom stereocenters. The molecule has 1 aliphatic carbocycles. The highest BCUT2D eigenvalue weighted by Gasteiger charge is 2.26. The van der Waals surface area contributed by atoms with Crippen LogP contribution in [-0.4, -0.2) is 28.8 Å². The maximum atomic E-state index is 11.8. The van der Waals surface area contributed by atoms with Crippen LogP contribution in [0.1, 0.15) is 56.8 Å². The Kier molecular flexibility index (Phi) is 3.77. The minimum Gasteiger partial charge on any atom is -0.408 e. The van der Waals surface area contributed by atoms with Crippen molar-refractivity contribution < 1.29 is 13.9 Å². The van der Waals surface area contributed by atoms with Crippen molar-refractivity contribution in [1.29, 1.82) is 0 Å². The van der Waals surface area contributed by atoms with Crippen LogP contribution in [0.15, 0.2) is 4.42 Å². The standard InChI is InChI=1S/C13H19N3O3/c17-11(10-7-4-8-18-10)14-13-16-15-12(19-13)9-5-2-1-3-6-9/h9-10H,1-8H2,(H,14,16,17). The number of ether oxygens (including phenoxy) is 1. The molecule has 1 aliphatic heterocycles. The van der Waals surface area contributed by atoms with E-state index in [0.29, 0.717) is 18.4 Å². The number of nitrogens with one attached hydrogen (secondary N) is 1. The summed E-state index contributed by atoms with van der Waals surface area (Å²) in [5.41, 5.74) is 0. The largest absolute Gasteiger partial charge is 0.408 e. The van der Waals surface area contributed by atoms with Gasteiger partial charge in [0.2, 0.25) is 5.89 Å². The first-order valence-corrected chi connectivity index (χ1v) is 7.09. The van der Waals surface area contributed by atoms with Crippen molar-refractivity contribution in [3.05, 3.63) is 5.89 Å². The van der Waals surface area contributed by atoms with Gasteiger partial charge in [-0.1, -0.05) is 24.4 Å². The normalized spacial score (nSPS) is 24.5. The van der Waals surface area contributed by atoms with Crippen LogP contribution in [0.25, 0.3) is 0 Å². The first-order chi connectivity index (χ1) is 9.33. The maximum Gasteiger partial charge on any atom is 0.322 e. The number of hydrogen-bond acceptors (Lipinski definition) is 5. The number of nitrogens with zero attached hydrogens (tertiary/aromatic N) is 2. The molecule has 1 amide bonds. The summed E-state index contributed by atoms with van der Waals surface area (Å²) in [7, 11) is 0. The highest BCUT2D eigenvalue weighted by molar-refractivity contribution is 5.92. The van der Waals surface area contributed by atoms with Crippen molar-refractivity contribution in [2.75, 3.05) is 11.9 Å². The van der Waals surface area contributed by atoms with Gasteiger partial charge in [0.05, 0.1) is 0 Å². The molecule has 3 rings (SSSR count). The van der Waals surface area contributed by atoms with Crippen LogP contribution < -0.4 is 5.32 Å². The average molecular weight is 265 g/mol. The molecule has 2 heterocycles. The number of aromatic nitrogens is 2. The van der Waals surface area contributed by atoms with Gasteiger partial charge in [0, 0.05) is 12.5 Å². The Morgan fingerprint density at radius 1 is 1.11 bits per heavy atom. The number of carbonyl (C=O) groups excluding carboxylic acids is 1. The number of rotatable bonds is 3. The van der Waals surface area contributed by atoms with E-state index in [1.165, 1.54) is 19.3 Å². The van der Waals surface area contributed by atoms with Gasteiger partial charge < -0.3 is 9.15 Å². The smallest absolute Gasteiger partial charge is 0.322 e. The summed E-state index contributed by atoms with van der Waals surface area (Å²) in [4.78, 5) is 11.8. The molecule has 1 saturated carbocycles. The second-order valence-corrected chi connectivity index (χ2v) is 5.27. The minimum absolute atomic E-state index is 0.184. The molecule has 1 unspecified atom stereocenters. The summed E-state index contributed by atoms with van der Waals surface area (Å²) >= 11 is 0. The van der Waals surface area contributed by atoms with E-state index in [0.717, 1.165) is 25.7 Å². The summed E-state index contributed by atoms with van der Waals surface area (Å²) in [5, 5.41) is 10.6. The van der Waals surface area contributed by atoms with Gasteiger partial charge in [0.1, 0.15) is 6.10 Å². The van der Waals surface area contributed by atoms with Crippen LogP contribution in [-0.2, 0) is 9.53 Å². The van der Waals surface area contributed by atoms with Crippen molar-refractivity contribution in [2.45, 2.75) is 57.0 Å². The molecule has 0 aromatic carbocycles. The molecule has 0 spiro atoms. The van der Waals surface area contributed by atoms with Gasteiger partial charge >= 0.3 is 6.01 Å². The molecule has 1 N–H and O–H groups in total. The third kappa shape index (κ3) is 2.94. The highest BCUT2D eigenvalue weighted by Crippen LogP contribution is 2.32. The Bertz CT molecular complexity index is 434. The number of amides is 1. The molecule has 1 aromatic heterocycles. The topological polar surface area (TPSA) is 77.3 Å². The van der Waals surface area contributed by atoms with Gasteiger partial charge in [-0.15, -0.1) is 5.10 Å². The SMILES string of the molecule is O=C(Nc1nnc(C2CCCCC2)o1)C1CCCO1. The molecule has 2 aliphatic rings. The fourth-order valence-electron chi connectivity index (χ4n) is 2.77. The van der Waals surface area contributed by atoms with E-state index in [1.54, 1.807) is 0 Å². The Balaban J connectivity index is 1.59. The lowest BCUT2D eigenvalue weighted by atomic mass is 9.89. The van der Waals surface area contributed by atoms with Crippen LogP contribution in [0.2, 0.25) is 0 Å². The summed E-state index contributed by atoms with van der Waals surface area (Å²) in [6, 6.07) is 0.195. The lowest BCUT2D eigenvalue weighted by Crippen LogP contribution is -2.26. The van der Waals surface area contributed by atoms with Crippen LogP contribution in [0.4, 0.5) is 6.01 Å². The quantitative estimate of drug-likeness (QED) is 0.906. The first-order valence-electron chi connectivity index (χ1n) is 7.09. The van der Waals surface area contributed by atoms with E-state index in [9.17, 15) is 4.79 Å². The lowest BCUT2D eigenvalue weighted by Gasteiger charge is -2.17. The van der Waals surface area contributed by atoms with E-state index in [2.05, 4.69) is 15.5 Å². The van der Waals surface area contributed by atoms with Crippen LogP contribution in [0, 0.1) is 0 Å². The molecular formula is C13H19N3O3. The predicted octanol–water partition coefficient (Wildman–Crippen LogP) is 2.23. The molecule has 1 aromatic rings. The molecule has 104 valence electrons. The van der Waals surface area contributed by atoms with Crippen LogP contribution >= 0.6 is 0 Å². The monoisotopic (exact) mass is 265 g/mol. The number of anilines is 1. The second-order valence-electron chi connectivity index (χ2n) is 5.27. The van der Waals surface area contributed by atoms with Gasteiger partial charge in [-0.3, -0.25) is 10.1 Å². The van der Waals surface area contributed by atoms with Gasteiger partial charge in [-0.05, 0) is 25.7 Å². The average Bonchev–Trinajstić information content (AvgIpc) is 3.11. The fourth-order valence-corrected chi connectivity index (χ4v) is 2.77. The molecule has 0 radical (unpaired) electrons. The minimum atomic E-state index is -0.370. The molecule has 0 bridgehead atoms. The Hall–Kier alpha value is -1.43. The molecule has 2 fully saturated rings. The second kappa shape index (κ2) is 5.69. The number of carbonyl (C=O) groups is 1. The van der Waals surface area contributed by atoms with E-state index in [1.807, 2.05) is 0 Å². The Labute approximate surface area is 111 Å². The zero-order valence-corrected chi connectivity index (χ0v) is 10.9. The fraction of sp³-hybridized carbons (Fsp3) is 0.769. The molecule has 19 heavy (non-hydrogen) atoms. The van der Waals surface area contributed by atoms with Crippen molar-refractivity contribution in [3.8, 4) is 0 Å². The molecular weight excluding hydrogens is 246 g/mol. The van der Waals surface area contributed by atoms with Crippen LogP contribution in [0.5, 0.6) is 0 Å². The van der Waals surface area contributed by atoms with Crippen LogP contribution in [0.3, 0.4) is 0 Å². The molecule has 1 saturated heterocycles. The van der Waals surface area contributed by atoms with Crippen molar-refractivity contribution in [1.82, 2.24) is 10.2 Å². The summed E-state index contributed by atoms with van der Waals surface area (Å²) < 4.78 is 10.9. The Morgan fingerprint density at radius 3 is 2.68 bits per heavy atom. The van der Waals surface area contributed by atoms with E-state index in [-0.39, 0.29) is 18.0 Å². The Morgan fingerprint density at radius 2 is 1.95 bits per heavy atom. The maximum absolute atomic E-state index is 11.8. The zero-order valence-electron chi connectivity index (χ0n) is 10.9. The third-order valence-electron chi connectivity index (χ3n) is 3.85. The van der Waals surface area contributed by atoms with Gasteiger partial charge in [0.15, 0.2) is 0 Å². The third-order valence-corrected chi connectivity index (χ3v) is 3.85. The molecule has 6 nitrogen and oxygen atoms in total. The predicted molar refractivity (Wildman–Crippen MR) is 67.7 cm³/mol. The number of hydrogen-bond donors (Lipinski definition) is 1. The highest BCUT2D eigenvalue weighted by atomic mass is 16.5. The van der Waals surface area contributed by atoms with E-state index >= 15 is 0 Å². The van der Waals surface area contributed by atoms with Crippen molar-refractivity contribution in [2.24, 2.45) is 0 Å². The lowest BCUT2D eigenvalue weighted by molar-refractivity contribution is -0.124.